The molecule has 0 aromatic heterocycles. The van der Waals surface area contributed by atoms with Gasteiger partial charge in [-0.3, -0.25) is 9.59 Å². The number of carbonyl (C=O) groups excluding carboxylic acids is 2. The van der Waals surface area contributed by atoms with E-state index in [-0.39, 0.29) is 5.54 Å². The summed E-state index contributed by atoms with van der Waals surface area (Å²) in [6.07, 6.45) is 8.61. The number of thioether (sulfide) groups is 1. The second-order valence-corrected chi connectivity index (χ2v) is 10.9. The molecule has 31 heavy (non-hydrogen) atoms. The fourth-order valence-corrected chi connectivity index (χ4v) is 7.22. The number of aryl methyl sites for hydroxylation is 1. The molecule has 0 heterocycles. The van der Waals surface area contributed by atoms with E-state index in [2.05, 4.69) is 5.32 Å². The molecule has 4 bridgehead atoms. The van der Waals surface area contributed by atoms with Gasteiger partial charge in [0.25, 0.3) is 5.91 Å². The van der Waals surface area contributed by atoms with Crippen molar-refractivity contribution in [2.75, 3.05) is 0 Å². The Balaban J connectivity index is 1.36. The Labute approximate surface area is 188 Å². The van der Waals surface area contributed by atoms with E-state index in [4.69, 9.17) is 0 Å². The Morgan fingerprint density at radius 1 is 0.903 bits per heavy atom. The molecule has 4 heteroatoms. The molecule has 0 saturated heterocycles. The number of amides is 1. The normalized spacial score (nSPS) is 29.1. The molecular formula is C27H29NO2S. The van der Waals surface area contributed by atoms with Gasteiger partial charge in [0.15, 0.2) is 0 Å². The minimum atomic E-state index is -0.449. The Kier molecular flexibility index (Phi) is 5.51. The summed E-state index contributed by atoms with van der Waals surface area (Å²) in [4.78, 5) is 27.8. The van der Waals surface area contributed by atoms with E-state index in [0.29, 0.717) is 0 Å². The molecule has 0 spiro atoms. The molecule has 4 aliphatic rings. The summed E-state index contributed by atoms with van der Waals surface area (Å²) >= 11 is 1.52. The average Bonchev–Trinajstić information content (AvgIpc) is 2.73. The van der Waals surface area contributed by atoms with E-state index in [0.717, 1.165) is 52.4 Å². The summed E-state index contributed by atoms with van der Waals surface area (Å²) in [6.45, 7) is 2.04. The molecule has 4 fully saturated rings. The van der Waals surface area contributed by atoms with Gasteiger partial charge in [-0.1, -0.05) is 59.8 Å². The van der Waals surface area contributed by atoms with Gasteiger partial charge in [0.05, 0.1) is 0 Å². The maximum absolute atomic E-state index is 13.0. The summed E-state index contributed by atoms with van der Waals surface area (Å²) in [5, 5.41) is 3.21. The maximum atomic E-state index is 13.0. The monoisotopic (exact) mass is 431 g/mol. The first kappa shape index (κ1) is 20.6. The van der Waals surface area contributed by atoms with Gasteiger partial charge in [-0.2, -0.15) is 0 Å². The number of ketones is 1. The van der Waals surface area contributed by atoms with Gasteiger partial charge in [0.2, 0.25) is 5.78 Å². The van der Waals surface area contributed by atoms with Crippen LogP contribution in [0, 0.1) is 24.7 Å². The summed E-state index contributed by atoms with van der Waals surface area (Å²) in [6, 6.07) is 18.1. The average molecular weight is 432 g/mol. The molecule has 1 amide bonds. The number of hydrogen-bond acceptors (Lipinski definition) is 3. The first-order chi connectivity index (χ1) is 15.0. The smallest absolute Gasteiger partial charge is 0.292 e. The van der Waals surface area contributed by atoms with E-state index >= 15 is 0 Å². The van der Waals surface area contributed by atoms with Crippen molar-refractivity contribution in [2.24, 2.45) is 17.8 Å². The molecule has 3 nitrogen and oxygen atoms in total. The fraction of sp³-hybridized carbons (Fsp3) is 0.407. The van der Waals surface area contributed by atoms with Gasteiger partial charge in [0, 0.05) is 21.4 Å². The Bertz CT molecular complexity index is 974. The van der Waals surface area contributed by atoms with Crippen LogP contribution >= 0.6 is 11.8 Å². The predicted molar refractivity (Wildman–Crippen MR) is 126 cm³/mol. The zero-order chi connectivity index (χ0) is 21.4. The van der Waals surface area contributed by atoms with Crippen molar-refractivity contribution < 1.29 is 9.59 Å². The van der Waals surface area contributed by atoms with Gasteiger partial charge >= 0.3 is 0 Å². The summed E-state index contributed by atoms with van der Waals surface area (Å²) in [5.74, 6) is 1.30. The zero-order valence-corrected chi connectivity index (χ0v) is 18.8. The van der Waals surface area contributed by atoms with Crippen LogP contribution in [0.15, 0.2) is 65.6 Å². The van der Waals surface area contributed by atoms with Crippen molar-refractivity contribution in [3.63, 3.8) is 0 Å². The zero-order valence-electron chi connectivity index (χ0n) is 18.0. The van der Waals surface area contributed by atoms with E-state index in [1.165, 1.54) is 42.7 Å². The van der Waals surface area contributed by atoms with Crippen molar-refractivity contribution >= 4 is 28.4 Å². The quantitative estimate of drug-likeness (QED) is 0.358. The van der Waals surface area contributed by atoms with Crippen LogP contribution < -0.4 is 5.32 Å². The number of benzene rings is 2. The second kappa shape index (κ2) is 8.31. The van der Waals surface area contributed by atoms with E-state index < -0.39 is 11.7 Å². The number of carbonyl (C=O) groups is 2. The standard InChI is InChI=1S/C27H29NO2S/c1-18-7-9-22(10-8-18)25(31-23-5-3-2-4-6-23)14-24(29)26(30)28-27-15-19-11-20(16-27)13-21(12-19)17-27/h2-10,14,19-21H,11-13,15-17H2,1H3,(H,28,30)/b25-14-. The van der Waals surface area contributed by atoms with Crippen LogP contribution in [0.25, 0.3) is 4.91 Å². The van der Waals surface area contributed by atoms with Crippen molar-refractivity contribution in [1.82, 2.24) is 5.32 Å². The topological polar surface area (TPSA) is 46.2 Å². The number of nitrogens with one attached hydrogen (secondary N) is 1. The molecule has 4 aliphatic carbocycles. The molecule has 0 unspecified atom stereocenters. The maximum Gasteiger partial charge on any atom is 0.292 e. The first-order valence-corrected chi connectivity index (χ1v) is 12.2. The molecule has 0 radical (unpaired) electrons. The van der Waals surface area contributed by atoms with Crippen LogP contribution in [0.2, 0.25) is 0 Å². The highest BCUT2D eigenvalue weighted by Crippen LogP contribution is 2.55. The third kappa shape index (κ3) is 4.50. The highest BCUT2D eigenvalue weighted by atomic mass is 32.2. The van der Waals surface area contributed by atoms with Crippen LogP contribution in [-0.2, 0) is 9.59 Å². The molecule has 6 rings (SSSR count). The van der Waals surface area contributed by atoms with Crippen LogP contribution in [-0.4, -0.2) is 17.2 Å². The minimum absolute atomic E-state index is 0.147. The third-order valence-corrected chi connectivity index (χ3v) is 8.29. The van der Waals surface area contributed by atoms with Crippen molar-refractivity contribution in [2.45, 2.75) is 55.9 Å². The van der Waals surface area contributed by atoms with Crippen LogP contribution in [0.4, 0.5) is 0 Å². The Morgan fingerprint density at radius 3 is 2.06 bits per heavy atom. The number of rotatable bonds is 6. The lowest BCUT2D eigenvalue weighted by Crippen LogP contribution is -2.60. The van der Waals surface area contributed by atoms with Crippen LogP contribution in [0.5, 0.6) is 0 Å². The third-order valence-electron chi connectivity index (χ3n) is 7.21. The highest BCUT2D eigenvalue weighted by molar-refractivity contribution is 8.08. The van der Waals surface area contributed by atoms with Gasteiger partial charge < -0.3 is 5.32 Å². The van der Waals surface area contributed by atoms with Crippen LogP contribution in [0.3, 0.4) is 0 Å². The van der Waals surface area contributed by atoms with Crippen molar-refractivity contribution in [3.8, 4) is 0 Å². The van der Waals surface area contributed by atoms with Gasteiger partial charge in [-0.15, -0.1) is 0 Å². The summed E-state index contributed by atoms with van der Waals surface area (Å²) < 4.78 is 0. The molecule has 1 N–H and O–H groups in total. The van der Waals surface area contributed by atoms with Crippen molar-refractivity contribution in [3.05, 3.63) is 71.8 Å². The van der Waals surface area contributed by atoms with Crippen LogP contribution in [0.1, 0.15) is 49.7 Å². The van der Waals surface area contributed by atoms with Gasteiger partial charge in [-0.05, 0) is 80.9 Å². The molecule has 160 valence electrons. The SMILES string of the molecule is Cc1ccc(/C(=C/C(=O)C(=O)NC23CC4CC(CC(C4)C2)C3)Sc2ccccc2)cc1. The molecule has 4 saturated carbocycles. The highest BCUT2D eigenvalue weighted by Gasteiger charge is 2.51. The van der Waals surface area contributed by atoms with E-state index in [1.807, 2.05) is 61.5 Å². The lowest BCUT2D eigenvalue weighted by Gasteiger charge is -2.56. The molecule has 0 aliphatic heterocycles. The lowest BCUT2D eigenvalue weighted by atomic mass is 9.53. The first-order valence-electron chi connectivity index (χ1n) is 11.4. The molecule has 2 aromatic rings. The summed E-state index contributed by atoms with van der Waals surface area (Å²) in [7, 11) is 0. The fourth-order valence-electron chi connectivity index (χ4n) is 6.26. The summed E-state index contributed by atoms with van der Waals surface area (Å²) in [5.41, 5.74) is 1.97. The van der Waals surface area contributed by atoms with Crippen molar-refractivity contribution in [1.29, 1.82) is 0 Å². The Hall–Kier alpha value is -2.33. The second-order valence-electron chi connectivity index (χ2n) is 9.81. The minimum Gasteiger partial charge on any atom is -0.344 e. The molecule has 0 atom stereocenters. The Morgan fingerprint density at radius 2 is 1.48 bits per heavy atom. The lowest BCUT2D eigenvalue weighted by molar-refractivity contribution is -0.138. The predicted octanol–water partition coefficient (Wildman–Crippen LogP) is 5.78. The van der Waals surface area contributed by atoms with E-state index in [1.54, 1.807) is 0 Å². The van der Waals surface area contributed by atoms with Gasteiger partial charge in [0.1, 0.15) is 0 Å². The molecule has 2 aromatic carbocycles. The number of hydrogen-bond donors (Lipinski definition) is 1. The van der Waals surface area contributed by atoms with E-state index in [9.17, 15) is 9.59 Å². The van der Waals surface area contributed by atoms with Gasteiger partial charge in [-0.25, -0.2) is 0 Å². The molecular weight excluding hydrogens is 402 g/mol. The largest absolute Gasteiger partial charge is 0.344 e.